The Balaban J connectivity index is 1.54. The molecular weight excluding hydrogens is 394 g/mol. The summed E-state index contributed by atoms with van der Waals surface area (Å²) < 4.78 is 0. The first-order chi connectivity index (χ1) is 14.4. The Morgan fingerprint density at radius 1 is 0.933 bits per heavy atom. The highest BCUT2D eigenvalue weighted by molar-refractivity contribution is 7.10. The quantitative estimate of drug-likeness (QED) is 0.522. The summed E-state index contributed by atoms with van der Waals surface area (Å²) in [5.41, 5.74) is 5.17. The van der Waals surface area contributed by atoms with Gasteiger partial charge in [0.1, 0.15) is 6.04 Å². The third-order valence-electron chi connectivity index (χ3n) is 5.02. The molecule has 1 atom stereocenters. The van der Waals surface area contributed by atoms with Crippen molar-refractivity contribution < 1.29 is 14.9 Å². The van der Waals surface area contributed by atoms with Gasteiger partial charge in [-0.15, -0.1) is 11.3 Å². The van der Waals surface area contributed by atoms with E-state index in [2.05, 4.69) is 47.9 Å². The lowest BCUT2D eigenvalue weighted by atomic mass is 10.0. The van der Waals surface area contributed by atoms with Crippen LogP contribution in [0, 0.1) is 20.8 Å². The molecule has 3 rings (SSSR count). The molecule has 30 heavy (non-hydrogen) atoms. The summed E-state index contributed by atoms with van der Waals surface area (Å²) in [5.74, 6) is -0.394. The largest absolute Gasteiger partial charge is 0.342 e. The van der Waals surface area contributed by atoms with E-state index in [4.69, 9.17) is 0 Å². The van der Waals surface area contributed by atoms with Crippen LogP contribution in [0.2, 0.25) is 0 Å². The average molecular weight is 423 g/mol. The van der Waals surface area contributed by atoms with Crippen LogP contribution in [0.25, 0.3) is 0 Å². The lowest BCUT2D eigenvalue weighted by molar-refractivity contribution is -0.676. The number of anilines is 1. The fraction of sp³-hybridized carbons (Fsp3) is 0.250. The molecule has 0 radical (unpaired) electrons. The highest BCUT2D eigenvalue weighted by Gasteiger charge is 2.20. The predicted molar refractivity (Wildman–Crippen MR) is 122 cm³/mol. The molecule has 1 heterocycles. The Labute approximate surface area is 181 Å². The number of hydrogen-bond acceptors (Lipinski definition) is 3. The molecule has 6 heteroatoms. The number of carbonyl (C=O) groups excluding carboxylic acids is 2. The number of benzene rings is 2. The van der Waals surface area contributed by atoms with Crippen molar-refractivity contribution in [2.45, 2.75) is 26.8 Å². The van der Waals surface area contributed by atoms with E-state index < -0.39 is 0 Å². The molecule has 0 saturated carbocycles. The van der Waals surface area contributed by atoms with Gasteiger partial charge in [0.15, 0.2) is 6.54 Å². The van der Waals surface area contributed by atoms with Gasteiger partial charge in [-0.25, -0.2) is 0 Å². The number of carbonyl (C=O) groups is 2. The van der Waals surface area contributed by atoms with Crippen molar-refractivity contribution in [1.82, 2.24) is 5.32 Å². The molecule has 2 amide bonds. The van der Waals surface area contributed by atoms with Gasteiger partial charge in [0, 0.05) is 11.3 Å². The van der Waals surface area contributed by atoms with Crippen molar-refractivity contribution in [1.29, 1.82) is 0 Å². The fourth-order valence-electron chi connectivity index (χ4n) is 3.33. The van der Waals surface area contributed by atoms with Crippen LogP contribution in [0.5, 0.6) is 0 Å². The summed E-state index contributed by atoms with van der Waals surface area (Å²) in [5, 5.41) is 9.67. The number of quaternary nitrogens is 1. The van der Waals surface area contributed by atoms with Crippen LogP contribution in [0.1, 0.15) is 33.2 Å². The van der Waals surface area contributed by atoms with Crippen LogP contribution in [-0.4, -0.2) is 24.9 Å². The van der Waals surface area contributed by atoms with Gasteiger partial charge in [-0.3, -0.25) is 9.59 Å². The van der Waals surface area contributed by atoms with Gasteiger partial charge in [-0.2, -0.15) is 0 Å². The Morgan fingerprint density at radius 3 is 2.27 bits per heavy atom. The predicted octanol–water partition coefficient (Wildman–Crippen LogP) is 3.08. The number of rotatable bonds is 8. The number of nitrogens with one attached hydrogen (secondary N) is 2. The zero-order valence-corrected chi connectivity index (χ0v) is 18.4. The number of para-hydroxylation sites is 1. The molecule has 0 spiro atoms. The molecule has 2 aromatic carbocycles. The van der Waals surface area contributed by atoms with Crippen LogP contribution in [0.4, 0.5) is 5.69 Å². The second kappa shape index (κ2) is 10.2. The van der Waals surface area contributed by atoms with Gasteiger partial charge in [0.05, 0.1) is 11.4 Å². The Morgan fingerprint density at radius 2 is 1.63 bits per heavy atom. The molecule has 0 unspecified atom stereocenters. The highest BCUT2D eigenvalue weighted by atomic mass is 32.1. The maximum Gasteiger partial charge on any atom is 0.275 e. The molecule has 0 aliphatic heterocycles. The van der Waals surface area contributed by atoms with Crippen LogP contribution in [-0.2, 0) is 9.59 Å². The maximum atomic E-state index is 12.4. The van der Waals surface area contributed by atoms with Gasteiger partial charge in [0.2, 0.25) is 5.91 Å². The number of amides is 2. The smallest absolute Gasteiger partial charge is 0.275 e. The number of thiophene rings is 1. The van der Waals surface area contributed by atoms with Gasteiger partial charge >= 0.3 is 0 Å². The number of aryl methyl sites for hydroxylation is 3. The minimum Gasteiger partial charge on any atom is -0.342 e. The van der Waals surface area contributed by atoms with Gasteiger partial charge < -0.3 is 16.0 Å². The van der Waals surface area contributed by atoms with Crippen molar-refractivity contribution in [3.05, 3.63) is 87.1 Å². The highest BCUT2D eigenvalue weighted by Crippen LogP contribution is 2.23. The summed E-state index contributed by atoms with van der Waals surface area (Å²) in [6.45, 7) is 6.16. The van der Waals surface area contributed by atoms with Gasteiger partial charge in [0.25, 0.3) is 5.91 Å². The van der Waals surface area contributed by atoms with E-state index in [-0.39, 0.29) is 30.9 Å². The Hall–Kier alpha value is -2.96. The third-order valence-corrected chi connectivity index (χ3v) is 5.97. The SMILES string of the molecule is Cc1ccc([C@H]([NH2+]CC(=O)NCC(=O)Nc2c(C)cccc2C)c2cccs2)cc1. The third kappa shape index (κ3) is 5.78. The van der Waals surface area contributed by atoms with E-state index in [0.717, 1.165) is 22.4 Å². The van der Waals surface area contributed by atoms with Crippen molar-refractivity contribution in [2.24, 2.45) is 0 Å². The molecule has 0 fully saturated rings. The normalized spacial score (nSPS) is 11.7. The molecule has 0 aliphatic rings. The van der Waals surface area contributed by atoms with E-state index in [1.54, 1.807) is 11.3 Å². The average Bonchev–Trinajstić information content (AvgIpc) is 3.25. The van der Waals surface area contributed by atoms with Gasteiger partial charge in [-0.05, 0) is 43.3 Å². The first-order valence-corrected chi connectivity index (χ1v) is 10.9. The molecular formula is C24H28N3O2S+. The molecule has 0 bridgehead atoms. The Kier molecular flexibility index (Phi) is 7.38. The Bertz CT molecular complexity index is 978. The fourth-order valence-corrected chi connectivity index (χ4v) is 4.18. The molecule has 5 nitrogen and oxygen atoms in total. The van der Waals surface area contributed by atoms with E-state index in [1.807, 2.05) is 48.8 Å². The minimum atomic E-state index is -0.228. The number of hydrogen-bond donors (Lipinski definition) is 3. The van der Waals surface area contributed by atoms with Crippen LogP contribution in [0.15, 0.2) is 60.0 Å². The zero-order valence-electron chi connectivity index (χ0n) is 17.6. The summed E-state index contributed by atoms with van der Waals surface area (Å²) in [7, 11) is 0. The van der Waals surface area contributed by atoms with Crippen LogP contribution >= 0.6 is 11.3 Å². The second-order valence-electron chi connectivity index (χ2n) is 7.44. The molecule has 4 N–H and O–H groups in total. The second-order valence-corrected chi connectivity index (χ2v) is 8.41. The summed E-state index contributed by atoms with van der Waals surface area (Å²) in [6, 6.07) is 18.4. The van der Waals surface area contributed by atoms with Crippen molar-refractivity contribution in [2.75, 3.05) is 18.4 Å². The van der Waals surface area contributed by atoms with E-state index >= 15 is 0 Å². The first kappa shape index (κ1) is 21.7. The van der Waals surface area contributed by atoms with Gasteiger partial charge in [-0.1, -0.05) is 54.1 Å². The van der Waals surface area contributed by atoms with Crippen molar-refractivity contribution in [3.8, 4) is 0 Å². The van der Waals surface area contributed by atoms with Crippen LogP contribution in [0.3, 0.4) is 0 Å². The molecule has 0 aliphatic carbocycles. The molecule has 3 aromatic rings. The van der Waals surface area contributed by atoms with E-state index in [0.29, 0.717) is 0 Å². The standard InChI is InChI=1S/C24H27N3O2S/c1-16-9-11-19(12-10-16)24(20-8-5-13-30-20)26-14-21(28)25-15-22(29)27-23-17(2)6-4-7-18(23)3/h4-13,24,26H,14-15H2,1-3H3,(H,25,28)(H,27,29)/p+1/t24-/m0/s1. The maximum absolute atomic E-state index is 12.4. The van der Waals surface area contributed by atoms with E-state index in [9.17, 15) is 9.59 Å². The monoisotopic (exact) mass is 422 g/mol. The lowest BCUT2D eigenvalue weighted by Crippen LogP contribution is -2.87. The first-order valence-electron chi connectivity index (χ1n) is 10.00. The zero-order chi connectivity index (χ0) is 21.5. The molecule has 156 valence electrons. The summed E-state index contributed by atoms with van der Waals surface area (Å²) in [6.07, 6.45) is 0. The minimum absolute atomic E-state index is 0.0470. The van der Waals surface area contributed by atoms with E-state index in [1.165, 1.54) is 10.4 Å². The topological polar surface area (TPSA) is 74.8 Å². The number of nitrogens with two attached hydrogens (primary N) is 1. The van der Waals surface area contributed by atoms with Crippen molar-refractivity contribution in [3.63, 3.8) is 0 Å². The lowest BCUT2D eigenvalue weighted by Gasteiger charge is -2.15. The molecule has 0 saturated heterocycles. The molecule has 1 aromatic heterocycles. The van der Waals surface area contributed by atoms with Crippen molar-refractivity contribution >= 4 is 28.8 Å². The van der Waals surface area contributed by atoms with Crippen LogP contribution < -0.4 is 16.0 Å². The summed E-state index contributed by atoms with van der Waals surface area (Å²) in [4.78, 5) is 25.8. The summed E-state index contributed by atoms with van der Waals surface area (Å²) >= 11 is 1.68.